The van der Waals surface area contributed by atoms with Gasteiger partial charge in [0.2, 0.25) is 0 Å². The molecule has 0 N–H and O–H groups in total. The van der Waals surface area contributed by atoms with E-state index in [1.807, 2.05) is 13.0 Å². The maximum atomic E-state index is 8.33. The standard InChI is InChI=1S/C7H6ClN3/c1-5-4-6(8)11-7(10-5)2-3-9/h4H,2H2,1H3. The fourth-order valence-electron chi connectivity index (χ4n) is 0.739. The van der Waals surface area contributed by atoms with Gasteiger partial charge < -0.3 is 0 Å². The van der Waals surface area contributed by atoms with Crippen LogP contribution in [0.4, 0.5) is 0 Å². The van der Waals surface area contributed by atoms with Gasteiger partial charge in [-0.15, -0.1) is 0 Å². The third-order valence-electron chi connectivity index (χ3n) is 1.11. The molecule has 0 radical (unpaired) electrons. The van der Waals surface area contributed by atoms with Crippen molar-refractivity contribution in [1.29, 1.82) is 5.26 Å². The predicted molar refractivity (Wildman–Crippen MR) is 41.1 cm³/mol. The first-order valence-electron chi connectivity index (χ1n) is 3.09. The monoisotopic (exact) mass is 167 g/mol. The summed E-state index contributed by atoms with van der Waals surface area (Å²) < 4.78 is 0. The molecule has 0 aliphatic rings. The van der Waals surface area contributed by atoms with Crippen LogP contribution in [0.1, 0.15) is 11.5 Å². The summed E-state index contributed by atoms with van der Waals surface area (Å²) in [5.74, 6) is 0.484. The highest BCUT2D eigenvalue weighted by atomic mass is 35.5. The second kappa shape index (κ2) is 3.31. The number of halogens is 1. The molecule has 0 aliphatic heterocycles. The molecule has 56 valence electrons. The van der Waals surface area contributed by atoms with E-state index in [9.17, 15) is 0 Å². The van der Waals surface area contributed by atoms with Gasteiger partial charge in [0.1, 0.15) is 11.0 Å². The molecule has 0 spiro atoms. The average molecular weight is 168 g/mol. The number of rotatable bonds is 1. The van der Waals surface area contributed by atoms with Crippen LogP contribution in [0.15, 0.2) is 6.07 Å². The molecule has 11 heavy (non-hydrogen) atoms. The molecule has 1 rings (SSSR count). The fraction of sp³-hybridized carbons (Fsp3) is 0.286. The molecule has 0 atom stereocenters. The SMILES string of the molecule is Cc1cc(Cl)nc(CC#N)n1. The number of hydrogen-bond acceptors (Lipinski definition) is 3. The van der Waals surface area contributed by atoms with Crippen LogP contribution in [-0.2, 0) is 6.42 Å². The predicted octanol–water partition coefficient (Wildman–Crippen LogP) is 1.50. The Morgan fingerprint density at radius 3 is 2.91 bits per heavy atom. The van der Waals surface area contributed by atoms with E-state index in [-0.39, 0.29) is 6.42 Å². The summed E-state index contributed by atoms with van der Waals surface area (Å²) in [6.07, 6.45) is 0.210. The number of hydrogen-bond donors (Lipinski definition) is 0. The zero-order valence-corrected chi connectivity index (χ0v) is 6.76. The summed E-state index contributed by atoms with van der Waals surface area (Å²) in [6.45, 7) is 1.81. The maximum absolute atomic E-state index is 8.33. The van der Waals surface area contributed by atoms with Crippen LogP contribution in [0.5, 0.6) is 0 Å². The molecule has 0 saturated carbocycles. The summed E-state index contributed by atoms with van der Waals surface area (Å²) in [5.41, 5.74) is 0.787. The first kappa shape index (κ1) is 7.96. The summed E-state index contributed by atoms with van der Waals surface area (Å²) in [6, 6.07) is 3.61. The van der Waals surface area contributed by atoms with Crippen molar-refractivity contribution in [1.82, 2.24) is 9.97 Å². The molecule has 0 amide bonds. The van der Waals surface area contributed by atoms with E-state index in [0.717, 1.165) is 5.69 Å². The Labute approximate surface area is 69.7 Å². The van der Waals surface area contributed by atoms with E-state index in [1.165, 1.54) is 0 Å². The lowest BCUT2D eigenvalue weighted by Crippen LogP contribution is -1.95. The second-order valence-electron chi connectivity index (χ2n) is 2.08. The molecule has 0 saturated heterocycles. The summed E-state index contributed by atoms with van der Waals surface area (Å²) >= 11 is 5.63. The molecule has 0 fully saturated rings. The van der Waals surface area contributed by atoms with Crippen molar-refractivity contribution in [2.45, 2.75) is 13.3 Å². The molecular formula is C7H6ClN3. The van der Waals surface area contributed by atoms with Gasteiger partial charge in [0.15, 0.2) is 0 Å². The van der Waals surface area contributed by atoms with E-state index in [0.29, 0.717) is 11.0 Å². The van der Waals surface area contributed by atoms with Crippen molar-refractivity contribution in [2.24, 2.45) is 0 Å². The van der Waals surface area contributed by atoms with Gasteiger partial charge in [-0.2, -0.15) is 5.26 Å². The Morgan fingerprint density at radius 1 is 1.64 bits per heavy atom. The topological polar surface area (TPSA) is 49.6 Å². The van der Waals surface area contributed by atoms with Crippen LogP contribution in [0.3, 0.4) is 0 Å². The van der Waals surface area contributed by atoms with E-state index in [2.05, 4.69) is 9.97 Å². The average Bonchev–Trinajstić information content (AvgIpc) is 1.85. The molecule has 1 aromatic rings. The van der Waals surface area contributed by atoms with Crippen LogP contribution in [0, 0.1) is 18.3 Å². The Balaban J connectivity index is 3.01. The van der Waals surface area contributed by atoms with Crippen molar-refractivity contribution < 1.29 is 0 Å². The highest BCUT2D eigenvalue weighted by Gasteiger charge is 1.98. The minimum absolute atomic E-state index is 0.210. The van der Waals surface area contributed by atoms with Crippen LogP contribution in [0.25, 0.3) is 0 Å². The van der Waals surface area contributed by atoms with Gasteiger partial charge in [0.05, 0.1) is 12.5 Å². The summed E-state index contributed by atoms with van der Waals surface area (Å²) in [4.78, 5) is 7.86. The number of aromatic nitrogens is 2. The van der Waals surface area contributed by atoms with Crippen molar-refractivity contribution in [3.8, 4) is 6.07 Å². The van der Waals surface area contributed by atoms with E-state index < -0.39 is 0 Å². The minimum Gasteiger partial charge on any atom is -0.237 e. The highest BCUT2D eigenvalue weighted by molar-refractivity contribution is 6.29. The van der Waals surface area contributed by atoms with Crippen LogP contribution in [-0.4, -0.2) is 9.97 Å². The van der Waals surface area contributed by atoms with E-state index in [1.54, 1.807) is 6.07 Å². The molecular weight excluding hydrogens is 162 g/mol. The smallest absolute Gasteiger partial charge is 0.144 e. The molecule has 1 aromatic heterocycles. The van der Waals surface area contributed by atoms with Crippen LogP contribution >= 0.6 is 11.6 Å². The van der Waals surface area contributed by atoms with Crippen molar-refractivity contribution >= 4 is 11.6 Å². The van der Waals surface area contributed by atoms with Crippen molar-refractivity contribution in [3.63, 3.8) is 0 Å². The van der Waals surface area contributed by atoms with E-state index in [4.69, 9.17) is 16.9 Å². The molecule has 0 bridgehead atoms. The summed E-state index contributed by atoms with van der Waals surface area (Å²) in [7, 11) is 0. The quantitative estimate of drug-likeness (QED) is 0.596. The maximum Gasteiger partial charge on any atom is 0.144 e. The lowest BCUT2D eigenvalue weighted by molar-refractivity contribution is 0.965. The fourth-order valence-corrected chi connectivity index (χ4v) is 0.994. The molecule has 1 heterocycles. The van der Waals surface area contributed by atoms with Gasteiger partial charge in [-0.25, -0.2) is 9.97 Å². The van der Waals surface area contributed by atoms with Gasteiger partial charge >= 0.3 is 0 Å². The van der Waals surface area contributed by atoms with Gasteiger partial charge in [0.25, 0.3) is 0 Å². The minimum atomic E-state index is 0.210. The highest BCUT2D eigenvalue weighted by Crippen LogP contribution is 2.06. The Kier molecular flexibility index (Phi) is 2.40. The van der Waals surface area contributed by atoms with E-state index >= 15 is 0 Å². The normalized spacial score (nSPS) is 9.18. The van der Waals surface area contributed by atoms with Gasteiger partial charge in [-0.3, -0.25) is 0 Å². The van der Waals surface area contributed by atoms with Crippen molar-refractivity contribution in [2.75, 3.05) is 0 Å². The Hall–Kier alpha value is -1.14. The largest absolute Gasteiger partial charge is 0.237 e. The van der Waals surface area contributed by atoms with Gasteiger partial charge in [0, 0.05) is 5.69 Å². The first-order valence-corrected chi connectivity index (χ1v) is 3.47. The Morgan fingerprint density at radius 2 is 2.36 bits per heavy atom. The molecule has 0 unspecified atom stereocenters. The zero-order valence-electron chi connectivity index (χ0n) is 6.00. The second-order valence-corrected chi connectivity index (χ2v) is 2.47. The molecule has 0 aromatic carbocycles. The third kappa shape index (κ3) is 2.17. The zero-order chi connectivity index (χ0) is 8.27. The number of nitrogens with zero attached hydrogens (tertiary/aromatic N) is 3. The molecule has 4 heteroatoms. The van der Waals surface area contributed by atoms with Crippen molar-refractivity contribution in [3.05, 3.63) is 22.7 Å². The summed E-state index contributed by atoms with van der Waals surface area (Å²) in [5, 5.41) is 8.72. The molecule has 3 nitrogen and oxygen atoms in total. The van der Waals surface area contributed by atoms with Gasteiger partial charge in [-0.1, -0.05) is 11.6 Å². The van der Waals surface area contributed by atoms with Crippen LogP contribution < -0.4 is 0 Å². The number of nitriles is 1. The first-order chi connectivity index (χ1) is 5.22. The molecule has 0 aliphatic carbocycles. The lowest BCUT2D eigenvalue weighted by Gasteiger charge is -1.95. The third-order valence-corrected chi connectivity index (χ3v) is 1.30. The van der Waals surface area contributed by atoms with Crippen LogP contribution in [0.2, 0.25) is 5.15 Å². The lowest BCUT2D eigenvalue weighted by atomic mass is 10.4. The van der Waals surface area contributed by atoms with Gasteiger partial charge in [-0.05, 0) is 13.0 Å². The Bertz CT molecular complexity index is 283. The number of aryl methyl sites for hydroxylation is 1.